The fraction of sp³-hybridized carbons (Fsp3) is 0.714. The number of allylic oxidation sites excluding steroid dienone is 8. The van der Waals surface area contributed by atoms with Gasteiger partial charge in [-0.1, -0.05) is 90.3 Å². The standard InChI is InChI=1S/C28H42/c1-19(2)20(3)10-11-21(4)24-14-15-25-23-13-12-22-9-7-8-17-27(22,5)26(23)16-18-28(24,25)6/h7-9,12-13,19-21,24,26H,10-11,14-18H2,1-6H3/t20-,21+,24+,26-,27-,28+/m0/s1. The third-order valence-corrected chi connectivity index (χ3v) is 9.62. The maximum atomic E-state index is 2.63. The van der Waals surface area contributed by atoms with Crippen molar-refractivity contribution in [1.82, 2.24) is 0 Å². The minimum atomic E-state index is 0.337. The molecule has 0 heteroatoms. The summed E-state index contributed by atoms with van der Waals surface area (Å²) in [5.74, 6) is 4.17. The van der Waals surface area contributed by atoms with E-state index in [0.717, 1.165) is 29.6 Å². The Bertz CT molecular complexity index is 729. The fourth-order valence-corrected chi connectivity index (χ4v) is 7.16. The molecule has 0 aliphatic heterocycles. The number of hydrogen-bond acceptors (Lipinski definition) is 0. The summed E-state index contributed by atoms with van der Waals surface area (Å²) in [6.45, 7) is 14.9. The molecule has 1 saturated carbocycles. The summed E-state index contributed by atoms with van der Waals surface area (Å²) in [6.07, 6.45) is 21.6. The molecule has 0 aromatic rings. The van der Waals surface area contributed by atoms with Crippen LogP contribution in [0.3, 0.4) is 0 Å². The molecule has 154 valence electrons. The molecule has 1 fully saturated rings. The highest BCUT2D eigenvalue weighted by atomic mass is 14.6. The van der Waals surface area contributed by atoms with E-state index in [1.807, 2.05) is 5.57 Å². The molecule has 4 aliphatic rings. The van der Waals surface area contributed by atoms with Crippen LogP contribution in [0.4, 0.5) is 0 Å². The third-order valence-electron chi connectivity index (χ3n) is 9.62. The molecule has 0 saturated heterocycles. The lowest BCUT2D eigenvalue weighted by atomic mass is 9.54. The molecule has 0 N–H and O–H groups in total. The fourth-order valence-electron chi connectivity index (χ4n) is 7.16. The Morgan fingerprint density at radius 3 is 2.54 bits per heavy atom. The highest BCUT2D eigenvalue weighted by molar-refractivity contribution is 5.50. The van der Waals surface area contributed by atoms with Crippen LogP contribution in [0.5, 0.6) is 0 Å². The number of rotatable bonds is 5. The summed E-state index contributed by atoms with van der Waals surface area (Å²) in [5, 5.41) is 0. The van der Waals surface area contributed by atoms with Crippen molar-refractivity contribution >= 4 is 0 Å². The van der Waals surface area contributed by atoms with E-state index in [2.05, 4.69) is 71.9 Å². The van der Waals surface area contributed by atoms with Crippen molar-refractivity contribution in [3.63, 3.8) is 0 Å². The maximum absolute atomic E-state index is 2.63. The van der Waals surface area contributed by atoms with Gasteiger partial charge in [0, 0.05) is 5.41 Å². The smallest absolute Gasteiger partial charge is 0.00279 e. The van der Waals surface area contributed by atoms with Gasteiger partial charge in [0.2, 0.25) is 0 Å². The molecule has 4 rings (SSSR count). The van der Waals surface area contributed by atoms with E-state index in [0.29, 0.717) is 10.8 Å². The Hall–Kier alpha value is -1.04. The predicted molar refractivity (Wildman–Crippen MR) is 122 cm³/mol. The molecule has 0 bridgehead atoms. The Morgan fingerprint density at radius 1 is 1.00 bits per heavy atom. The zero-order chi connectivity index (χ0) is 20.1. The Balaban J connectivity index is 1.59. The zero-order valence-corrected chi connectivity index (χ0v) is 19.2. The minimum Gasteiger partial charge on any atom is -0.0836 e. The summed E-state index contributed by atoms with van der Waals surface area (Å²) < 4.78 is 0. The largest absolute Gasteiger partial charge is 0.0836 e. The van der Waals surface area contributed by atoms with E-state index in [4.69, 9.17) is 0 Å². The molecule has 0 spiro atoms. The topological polar surface area (TPSA) is 0 Å². The zero-order valence-electron chi connectivity index (χ0n) is 19.2. The van der Waals surface area contributed by atoms with Crippen LogP contribution < -0.4 is 0 Å². The molecular weight excluding hydrogens is 336 g/mol. The number of hydrogen-bond donors (Lipinski definition) is 0. The second kappa shape index (κ2) is 7.33. The summed E-state index contributed by atoms with van der Waals surface area (Å²) in [6, 6.07) is 0. The van der Waals surface area contributed by atoms with Crippen molar-refractivity contribution < 1.29 is 0 Å². The van der Waals surface area contributed by atoms with Crippen LogP contribution in [0.1, 0.15) is 86.5 Å². The van der Waals surface area contributed by atoms with Crippen molar-refractivity contribution in [3.05, 3.63) is 47.1 Å². The van der Waals surface area contributed by atoms with Gasteiger partial charge in [-0.15, -0.1) is 0 Å². The quantitative estimate of drug-likeness (QED) is 0.451. The molecule has 0 heterocycles. The first-order valence-corrected chi connectivity index (χ1v) is 12.1. The minimum absolute atomic E-state index is 0.337. The molecule has 6 atom stereocenters. The average molecular weight is 379 g/mol. The Kier molecular flexibility index (Phi) is 5.30. The lowest BCUT2D eigenvalue weighted by Crippen LogP contribution is -2.40. The van der Waals surface area contributed by atoms with E-state index in [9.17, 15) is 0 Å². The van der Waals surface area contributed by atoms with Gasteiger partial charge in [-0.2, -0.15) is 0 Å². The van der Waals surface area contributed by atoms with Crippen molar-refractivity contribution in [2.75, 3.05) is 0 Å². The average Bonchev–Trinajstić information content (AvgIpc) is 3.02. The first kappa shape index (κ1) is 20.2. The van der Waals surface area contributed by atoms with Crippen molar-refractivity contribution in [2.24, 2.45) is 40.4 Å². The molecule has 0 aromatic heterocycles. The van der Waals surface area contributed by atoms with Gasteiger partial charge in [-0.05, 0) is 78.3 Å². The van der Waals surface area contributed by atoms with Gasteiger partial charge in [0.15, 0.2) is 0 Å². The van der Waals surface area contributed by atoms with Gasteiger partial charge in [0.25, 0.3) is 0 Å². The van der Waals surface area contributed by atoms with Gasteiger partial charge >= 0.3 is 0 Å². The SMILES string of the molecule is CC(C)[C@@H](C)CC[C@@H](C)[C@H]1CCC2=C3C=CC4=CC=CC[C@]4(C)[C@H]3CC[C@@]21C. The lowest BCUT2D eigenvalue weighted by Gasteiger charge is -2.50. The van der Waals surface area contributed by atoms with Crippen LogP contribution in [0.15, 0.2) is 47.1 Å². The molecule has 0 unspecified atom stereocenters. The first-order chi connectivity index (χ1) is 13.3. The van der Waals surface area contributed by atoms with E-state index in [1.54, 1.807) is 11.1 Å². The van der Waals surface area contributed by atoms with E-state index in [-0.39, 0.29) is 0 Å². The number of fused-ring (bicyclic) bond motifs is 4. The second-order valence-electron chi connectivity index (χ2n) is 11.4. The first-order valence-electron chi connectivity index (χ1n) is 12.1. The van der Waals surface area contributed by atoms with E-state index < -0.39 is 0 Å². The van der Waals surface area contributed by atoms with Crippen LogP contribution >= 0.6 is 0 Å². The van der Waals surface area contributed by atoms with Crippen LogP contribution in [-0.4, -0.2) is 0 Å². The van der Waals surface area contributed by atoms with Gasteiger partial charge < -0.3 is 0 Å². The molecular formula is C28H42. The van der Waals surface area contributed by atoms with Gasteiger partial charge in [-0.25, -0.2) is 0 Å². The highest BCUT2D eigenvalue weighted by Crippen LogP contribution is 2.63. The molecule has 0 nitrogen and oxygen atoms in total. The molecule has 4 aliphatic carbocycles. The molecule has 28 heavy (non-hydrogen) atoms. The monoisotopic (exact) mass is 378 g/mol. The van der Waals surface area contributed by atoms with Crippen LogP contribution in [-0.2, 0) is 0 Å². The highest BCUT2D eigenvalue weighted by Gasteiger charge is 2.52. The summed E-state index contributed by atoms with van der Waals surface area (Å²) in [4.78, 5) is 0. The van der Waals surface area contributed by atoms with Crippen LogP contribution in [0.2, 0.25) is 0 Å². The van der Waals surface area contributed by atoms with Crippen molar-refractivity contribution in [3.8, 4) is 0 Å². The van der Waals surface area contributed by atoms with E-state index in [1.165, 1.54) is 44.9 Å². The Labute approximate surface area is 174 Å². The summed E-state index contributed by atoms with van der Waals surface area (Å²) in [5.41, 5.74) is 5.96. The van der Waals surface area contributed by atoms with Crippen molar-refractivity contribution in [1.29, 1.82) is 0 Å². The summed E-state index contributed by atoms with van der Waals surface area (Å²) in [7, 11) is 0. The summed E-state index contributed by atoms with van der Waals surface area (Å²) >= 11 is 0. The van der Waals surface area contributed by atoms with Gasteiger partial charge in [-0.3, -0.25) is 0 Å². The normalized spacial score (nSPS) is 38.8. The van der Waals surface area contributed by atoms with Gasteiger partial charge in [0.1, 0.15) is 0 Å². The molecule has 0 radical (unpaired) electrons. The predicted octanol–water partition coefficient (Wildman–Crippen LogP) is 8.28. The molecule has 0 amide bonds. The third kappa shape index (κ3) is 3.10. The molecule has 0 aromatic carbocycles. The lowest BCUT2D eigenvalue weighted by molar-refractivity contribution is 0.129. The van der Waals surface area contributed by atoms with E-state index >= 15 is 0 Å². The second-order valence-corrected chi connectivity index (χ2v) is 11.4. The van der Waals surface area contributed by atoms with Gasteiger partial charge in [0.05, 0.1) is 0 Å². The Morgan fingerprint density at radius 2 is 1.79 bits per heavy atom. The maximum Gasteiger partial charge on any atom is 0.00279 e. The van der Waals surface area contributed by atoms with Crippen molar-refractivity contribution in [2.45, 2.75) is 86.5 Å². The van der Waals surface area contributed by atoms with Crippen LogP contribution in [0, 0.1) is 40.4 Å². The van der Waals surface area contributed by atoms with Crippen LogP contribution in [0.25, 0.3) is 0 Å².